The molecule has 15 heavy (non-hydrogen) atoms. The lowest BCUT2D eigenvalue weighted by Crippen LogP contribution is -2.03. The summed E-state index contributed by atoms with van der Waals surface area (Å²) in [6, 6.07) is 3.53. The van der Waals surface area contributed by atoms with Gasteiger partial charge in [-0.15, -0.1) is 0 Å². The zero-order chi connectivity index (χ0) is 10.7. The average Bonchev–Trinajstić information content (AvgIpc) is 2.78. The standard InChI is InChI=1S/C10H8N2O3/c1-14-10(13)8-9(15-6-12-8)7-3-2-4-11-5-7/h2-6H,1H3. The second-order valence-electron chi connectivity index (χ2n) is 2.76. The van der Waals surface area contributed by atoms with Crippen LogP contribution in [0, 0.1) is 0 Å². The zero-order valence-corrected chi connectivity index (χ0v) is 8.01. The van der Waals surface area contributed by atoms with Crippen molar-refractivity contribution in [2.45, 2.75) is 0 Å². The Hall–Kier alpha value is -2.17. The van der Waals surface area contributed by atoms with Gasteiger partial charge in [0.1, 0.15) is 0 Å². The maximum Gasteiger partial charge on any atom is 0.360 e. The molecular formula is C10H8N2O3. The van der Waals surface area contributed by atoms with Crippen molar-refractivity contribution in [3.63, 3.8) is 0 Å². The second-order valence-corrected chi connectivity index (χ2v) is 2.76. The lowest BCUT2D eigenvalue weighted by atomic mass is 10.2. The molecule has 2 rings (SSSR count). The van der Waals surface area contributed by atoms with Crippen molar-refractivity contribution < 1.29 is 13.9 Å². The number of esters is 1. The van der Waals surface area contributed by atoms with E-state index in [-0.39, 0.29) is 5.69 Å². The van der Waals surface area contributed by atoms with Gasteiger partial charge in [-0.1, -0.05) is 0 Å². The Morgan fingerprint density at radius 2 is 2.40 bits per heavy atom. The fourth-order valence-electron chi connectivity index (χ4n) is 1.19. The Kier molecular flexibility index (Phi) is 2.45. The van der Waals surface area contributed by atoms with E-state index in [1.807, 2.05) is 0 Å². The number of oxazole rings is 1. The highest BCUT2D eigenvalue weighted by Crippen LogP contribution is 2.22. The van der Waals surface area contributed by atoms with Crippen molar-refractivity contribution in [3.8, 4) is 11.3 Å². The van der Waals surface area contributed by atoms with Gasteiger partial charge in [-0.3, -0.25) is 4.98 Å². The van der Waals surface area contributed by atoms with Gasteiger partial charge in [0.15, 0.2) is 17.8 Å². The summed E-state index contributed by atoms with van der Waals surface area (Å²) < 4.78 is 9.70. The Morgan fingerprint density at radius 1 is 1.53 bits per heavy atom. The first kappa shape index (κ1) is 9.39. The molecule has 0 saturated heterocycles. The fourth-order valence-corrected chi connectivity index (χ4v) is 1.19. The molecule has 0 radical (unpaired) electrons. The minimum Gasteiger partial charge on any atom is -0.464 e. The summed E-state index contributed by atoms with van der Waals surface area (Å²) in [7, 11) is 1.30. The maximum atomic E-state index is 11.3. The number of methoxy groups -OCH3 is 1. The molecule has 0 aliphatic carbocycles. The van der Waals surface area contributed by atoms with Gasteiger partial charge in [-0.2, -0.15) is 0 Å². The van der Waals surface area contributed by atoms with Crippen LogP contribution in [0.3, 0.4) is 0 Å². The number of hydrogen-bond donors (Lipinski definition) is 0. The van der Waals surface area contributed by atoms with Crippen LogP contribution in [0.15, 0.2) is 35.3 Å². The van der Waals surface area contributed by atoms with Crippen molar-refractivity contribution >= 4 is 5.97 Å². The fraction of sp³-hybridized carbons (Fsp3) is 0.100. The van der Waals surface area contributed by atoms with E-state index in [9.17, 15) is 4.79 Å². The van der Waals surface area contributed by atoms with Crippen molar-refractivity contribution in [2.75, 3.05) is 7.11 Å². The minimum atomic E-state index is -0.525. The van der Waals surface area contributed by atoms with Gasteiger partial charge in [0.25, 0.3) is 0 Å². The van der Waals surface area contributed by atoms with Gasteiger partial charge in [0.2, 0.25) is 0 Å². The average molecular weight is 204 g/mol. The van der Waals surface area contributed by atoms with Gasteiger partial charge in [-0.05, 0) is 12.1 Å². The predicted octanol–water partition coefficient (Wildman–Crippen LogP) is 1.52. The number of ether oxygens (including phenoxy) is 1. The lowest BCUT2D eigenvalue weighted by Gasteiger charge is -1.98. The number of carbonyl (C=O) groups excluding carboxylic acids is 1. The van der Waals surface area contributed by atoms with Crippen molar-refractivity contribution in [3.05, 3.63) is 36.6 Å². The molecule has 5 nitrogen and oxygen atoms in total. The van der Waals surface area contributed by atoms with E-state index >= 15 is 0 Å². The first-order valence-corrected chi connectivity index (χ1v) is 4.25. The van der Waals surface area contributed by atoms with Gasteiger partial charge in [0.05, 0.1) is 7.11 Å². The zero-order valence-electron chi connectivity index (χ0n) is 8.01. The van der Waals surface area contributed by atoms with Crippen LogP contribution in [-0.2, 0) is 4.74 Å². The number of nitrogens with zero attached hydrogens (tertiary/aromatic N) is 2. The first-order chi connectivity index (χ1) is 7.33. The molecule has 2 aromatic heterocycles. The molecule has 5 heteroatoms. The van der Waals surface area contributed by atoms with Crippen LogP contribution in [0.5, 0.6) is 0 Å². The number of carbonyl (C=O) groups is 1. The summed E-state index contributed by atoms with van der Waals surface area (Å²) in [6.07, 6.45) is 4.43. The van der Waals surface area contributed by atoms with Crippen LogP contribution >= 0.6 is 0 Å². The van der Waals surface area contributed by atoms with E-state index < -0.39 is 5.97 Å². The second kappa shape index (κ2) is 3.91. The number of rotatable bonds is 2. The highest BCUT2D eigenvalue weighted by molar-refractivity contribution is 5.93. The smallest absolute Gasteiger partial charge is 0.360 e. The third-order valence-corrected chi connectivity index (χ3v) is 1.87. The third kappa shape index (κ3) is 1.71. The van der Waals surface area contributed by atoms with Gasteiger partial charge >= 0.3 is 5.97 Å². The molecule has 0 spiro atoms. The van der Waals surface area contributed by atoms with E-state index in [0.29, 0.717) is 11.3 Å². The van der Waals surface area contributed by atoms with Gasteiger partial charge < -0.3 is 9.15 Å². The summed E-state index contributed by atoms with van der Waals surface area (Å²) >= 11 is 0. The van der Waals surface area contributed by atoms with Crippen LogP contribution in [0.4, 0.5) is 0 Å². The molecule has 0 aliphatic heterocycles. The predicted molar refractivity (Wildman–Crippen MR) is 51.1 cm³/mol. The Balaban J connectivity index is 2.46. The van der Waals surface area contributed by atoms with Crippen LogP contribution < -0.4 is 0 Å². The summed E-state index contributed by atoms with van der Waals surface area (Å²) in [5.41, 5.74) is 0.848. The molecule has 0 N–H and O–H groups in total. The van der Waals surface area contributed by atoms with Gasteiger partial charge in [0, 0.05) is 18.0 Å². The topological polar surface area (TPSA) is 65.2 Å². The lowest BCUT2D eigenvalue weighted by molar-refractivity contribution is 0.0595. The Bertz CT molecular complexity index is 465. The van der Waals surface area contributed by atoms with Crippen molar-refractivity contribution in [1.82, 2.24) is 9.97 Å². The number of hydrogen-bond acceptors (Lipinski definition) is 5. The van der Waals surface area contributed by atoms with E-state index in [4.69, 9.17) is 4.42 Å². The number of pyridine rings is 1. The highest BCUT2D eigenvalue weighted by atomic mass is 16.5. The van der Waals surface area contributed by atoms with E-state index in [2.05, 4.69) is 14.7 Å². The summed E-state index contributed by atoms with van der Waals surface area (Å²) in [5, 5.41) is 0. The normalized spacial score (nSPS) is 9.93. The summed E-state index contributed by atoms with van der Waals surface area (Å²) in [5.74, 6) is -0.155. The van der Waals surface area contributed by atoms with Crippen LogP contribution in [0.25, 0.3) is 11.3 Å². The van der Waals surface area contributed by atoms with E-state index in [1.54, 1.807) is 24.5 Å². The van der Waals surface area contributed by atoms with Gasteiger partial charge in [-0.25, -0.2) is 9.78 Å². The molecule has 0 atom stereocenters. The van der Waals surface area contributed by atoms with E-state index in [1.165, 1.54) is 13.5 Å². The van der Waals surface area contributed by atoms with E-state index in [0.717, 1.165) is 0 Å². The number of aromatic nitrogens is 2. The highest BCUT2D eigenvalue weighted by Gasteiger charge is 2.18. The molecule has 0 aliphatic rings. The quantitative estimate of drug-likeness (QED) is 0.694. The molecule has 0 aromatic carbocycles. The Labute approximate surface area is 85.7 Å². The van der Waals surface area contributed by atoms with Crippen molar-refractivity contribution in [2.24, 2.45) is 0 Å². The summed E-state index contributed by atoms with van der Waals surface area (Å²) in [6.45, 7) is 0. The minimum absolute atomic E-state index is 0.158. The SMILES string of the molecule is COC(=O)c1ncoc1-c1cccnc1. The molecule has 2 heterocycles. The molecule has 0 bridgehead atoms. The molecule has 0 unspecified atom stereocenters. The molecule has 0 amide bonds. The largest absolute Gasteiger partial charge is 0.464 e. The first-order valence-electron chi connectivity index (χ1n) is 4.25. The molecule has 0 fully saturated rings. The molecule has 2 aromatic rings. The molecular weight excluding hydrogens is 196 g/mol. The molecule has 0 saturated carbocycles. The summed E-state index contributed by atoms with van der Waals surface area (Å²) in [4.78, 5) is 19.0. The monoisotopic (exact) mass is 204 g/mol. The van der Waals surface area contributed by atoms with Crippen LogP contribution in [0.2, 0.25) is 0 Å². The third-order valence-electron chi connectivity index (χ3n) is 1.87. The molecule has 76 valence electrons. The van der Waals surface area contributed by atoms with Crippen LogP contribution in [-0.4, -0.2) is 23.0 Å². The Morgan fingerprint density at radius 3 is 3.07 bits per heavy atom. The maximum absolute atomic E-state index is 11.3. The van der Waals surface area contributed by atoms with Crippen molar-refractivity contribution in [1.29, 1.82) is 0 Å². The van der Waals surface area contributed by atoms with Crippen LogP contribution in [0.1, 0.15) is 10.5 Å².